The first-order valence-electron chi connectivity index (χ1n) is 10.4. The van der Waals surface area contributed by atoms with Crippen molar-refractivity contribution in [2.24, 2.45) is 0 Å². The number of hydrogen-bond donors (Lipinski definition) is 1. The zero-order valence-corrected chi connectivity index (χ0v) is 17.4. The smallest absolute Gasteiger partial charge is 0.307 e. The number of hydrogen-bond acceptors (Lipinski definition) is 7. The molecule has 4 rings (SSSR count). The van der Waals surface area contributed by atoms with Crippen LogP contribution in [0, 0.1) is 0 Å². The minimum absolute atomic E-state index is 0.0820. The lowest BCUT2D eigenvalue weighted by Gasteiger charge is -2.28. The molecule has 0 spiro atoms. The van der Waals surface area contributed by atoms with Gasteiger partial charge in [0.05, 0.1) is 19.6 Å². The van der Waals surface area contributed by atoms with Crippen molar-refractivity contribution < 1.29 is 23.5 Å². The number of para-hydroxylation sites is 2. The molecule has 2 aromatic carbocycles. The Kier molecular flexibility index (Phi) is 6.47. The van der Waals surface area contributed by atoms with Gasteiger partial charge in [0, 0.05) is 30.9 Å². The Labute approximate surface area is 180 Å². The van der Waals surface area contributed by atoms with Gasteiger partial charge in [0.15, 0.2) is 17.6 Å². The van der Waals surface area contributed by atoms with Gasteiger partial charge in [0.25, 0.3) is 5.91 Å². The molecule has 1 saturated heterocycles. The number of rotatable bonds is 7. The second kappa shape index (κ2) is 9.61. The van der Waals surface area contributed by atoms with Crippen LogP contribution in [0.15, 0.2) is 52.9 Å². The molecule has 1 aliphatic heterocycles. The zero-order chi connectivity index (χ0) is 21.6. The molecule has 1 N–H and O–H groups in total. The number of oxazole rings is 1. The van der Waals surface area contributed by atoms with Gasteiger partial charge in [-0.25, -0.2) is 4.98 Å². The van der Waals surface area contributed by atoms with Gasteiger partial charge in [0.1, 0.15) is 5.52 Å². The first kappa shape index (κ1) is 20.9. The average molecular weight is 423 g/mol. The quantitative estimate of drug-likeness (QED) is 0.584. The highest BCUT2D eigenvalue weighted by Crippen LogP contribution is 2.19. The number of nitrogens with one attached hydrogen (secondary N) is 1. The number of fused-ring (bicyclic) bond motifs is 1. The van der Waals surface area contributed by atoms with Crippen LogP contribution < -0.4 is 10.2 Å². The molecule has 8 nitrogen and oxygen atoms in total. The highest BCUT2D eigenvalue weighted by Gasteiger charge is 2.19. The largest absolute Gasteiger partial charge is 0.453 e. The maximum Gasteiger partial charge on any atom is 0.307 e. The maximum absolute atomic E-state index is 12.4. The standard InChI is InChI=1S/C23H25N3O5/c1-16(30-22(27)11-10-21-25-19-4-2-3-5-20(19)31-21)23(28)24-17-6-8-18(9-7-17)26-12-14-29-15-13-26/h2-9,16H,10-15H2,1H3,(H,24,28)/t16-/m0/s1. The molecule has 0 saturated carbocycles. The van der Waals surface area contributed by atoms with Crippen LogP contribution in [-0.2, 0) is 25.5 Å². The first-order valence-corrected chi connectivity index (χ1v) is 10.4. The van der Waals surface area contributed by atoms with Gasteiger partial charge in [-0.1, -0.05) is 12.1 Å². The molecule has 0 radical (unpaired) electrons. The fourth-order valence-corrected chi connectivity index (χ4v) is 3.37. The van der Waals surface area contributed by atoms with Gasteiger partial charge in [-0.3, -0.25) is 9.59 Å². The number of carbonyl (C=O) groups excluding carboxylic acids is 2. The summed E-state index contributed by atoms with van der Waals surface area (Å²) < 4.78 is 16.2. The molecule has 1 fully saturated rings. The number of anilines is 2. The molecule has 1 atom stereocenters. The van der Waals surface area contributed by atoms with E-state index in [0.717, 1.165) is 24.3 Å². The van der Waals surface area contributed by atoms with E-state index in [0.29, 0.717) is 36.8 Å². The van der Waals surface area contributed by atoms with Crippen LogP contribution in [0.1, 0.15) is 19.2 Å². The van der Waals surface area contributed by atoms with Gasteiger partial charge in [-0.05, 0) is 43.3 Å². The first-order chi connectivity index (χ1) is 15.1. The van der Waals surface area contributed by atoms with Crippen molar-refractivity contribution in [2.45, 2.75) is 25.9 Å². The second-order valence-electron chi connectivity index (χ2n) is 7.34. The van der Waals surface area contributed by atoms with E-state index in [1.165, 1.54) is 0 Å². The van der Waals surface area contributed by atoms with Crippen LogP contribution in [0.2, 0.25) is 0 Å². The zero-order valence-electron chi connectivity index (χ0n) is 17.4. The van der Waals surface area contributed by atoms with Crippen molar-refractivity contribution in [3.63, 3.8) is 0 Å². The van der Waals surface area contributed by atoms with Crippen LogP contribution in [0.4, 0.5) is 11.4 Å². The number of morpholine rings is 1. The third-order valence-electron chi connectivity index (χ3n) is 5.07. The molecule has 1 aromatic heterocycles. The lowest BCUT2D eigenvalue weighted by molar-refractivity contribution is -0.153. The van der Waals surface area contributed by atoms with Crippen LogP contribution in [0.25, 0.3) is 11.1 Å². The molecule has 2 heterocycles. The molecule has 3 aromatic rings. The maximum atomic E-state index is 12.4. The Bertz CT molecular complexity index is 1010. The Balaban J connectivity index is 1.24. The topological polar surface area (TPSA) is 93.9 Å². The molecular formula is C23H25N3O5. The summed E-state index contributed by atoms with van der Waals surface area (Å²) >= 11 is 0. The Morgan fingerprint density at radius 2 is 1.87 bits per heavy atom. The summed E-state index contributed by atoms with van der Waals surface area (Å²) in [5.74, 6) is -0.391. The van der Waals surface area contributed by atoms with Gasteiger partial charge in [0.2, 0.25) is 0 Å². The van der Waals surface area contributed by atoms with Crippen molar-refractivity contribution in [3.05, 3.63) is 54.4 Å². The Morgan fingerprint density at radius 1 is 1.13 bits per heavy atom. The molecular weight excluding hydrogens is 398 g/mol. The van der Waals surface area contributed by atoms with Crippen molar-refractivity contribution in [1.82, 2.24) is 4.98 Å². The van der Waals surface area contributed by atoms with Gasteiger partial charge in [-0.2, -0.15) is 0 Å². The lowest BCUT2D eigenvalue weighted by Crippen LogP contribution is -2.36. The Morgan fingerprint density at radius 3 is 2.61 bits per heavy atom. The predicted octanol–water partition coefficient (Wildman–Crippen LogP) is 3.17. The summed E-state index contributed by atoms with van der Waals surface area (Å²) in [6.07, 6.45) is -0.515. The van der Waals surface area contributed by atoms with Crippen LogP contribution in [-0.4, -0.2) is 49.3 Å². The van der Waals surface area contributed by atoms with Crippen molar-refractivity contribution in [1.29, 1.82) is 0 Å². The van der Waals surface area contributed by atoms with Crippen molar-refractivity contribution in [2.75, 3.05) is 36.5 Å². The van der Waals surface area contributed by atoms with E-state index in [1.807, 2.05) is 48.5 Å². The van der Waals surface area contributed by atoms with Crippen LogP contribution in [0.3, 0.4) is 0 Å². The van der Waals surface area contributed by atoms with E-state index in [4.69, 9.17) is 13.9 Å². The number of nitrogens with zero attached hydrogens (tertiary/aromatic N) is 2. The number of ether oxygens (including phenoxy) is 2. The number of esters is 1. The monoisotopic (exact) mass is 423 g/mol. The van der Waals surface area contributed by atoms with E-state index in [1.54, 1.807) is 6.92 Å². The fraction of sp³-hybridized carbons (Fsp3) is 0.348. The third kappa shape index (κ3) is 5.40. The number of aryl methyl sites for hydroxylation is 1. The van der Waals surface area contributed by atoms with Crippen LogP contribution in [0.5, 0.6) is 0 Å². The normalized spacial score (nSPS) is 14.9. The lowest BCUT2D eigenvalue weighted by atomic mass is 10.2. The minimum atomic E-state index is -0.907. The molecule has 8 heteroatoms. The summed E-state index contributed by atoms with van der Waals surface area (Å²) in [6.45, 7) is 4.68. The highest BCUT2D eigenvalue weighted by atomic mass is 16.5. The molecule has 1 aliphatic rings. The molecule has 162 valence electrons. The molecule has 0 aliphatic carbocycles. The van der Waals surface area contributed by atoms with Crippen molar-refractivity contribution in [3.8, 4) is 0 Å². The number of benzene rings is 2. The third-order valence-corrected chi connectivity index (χ3v) is 5.07. The molecule has 0 unspecified atom stereocenters. The van der Waals surface area contributed by atoms with E-state index in [2.05, 4.69) is 15.2 Å². The van der Waals surface area contributed by atoms with E-state index in [9.17, 15) is 9.59 Å². The number of amides is 1. The van der Waals surface area contributed by atoms with Crippen LogP contribution >= 0.6 is 0 Å². The highest BCUT2D eigenvalue weighted by molar-refractivity contribution is 5.95. The Hall–Kier alpha value is -3.39. The molecule has 0 bridgehead atoms. The summed E-state index contributed by atoms with van der Waals surface area (Å²) in [5, 5.41) is 2.78. The summed E-state index contributed by atoms with van der Waals surface area (Å²) in [5.41, 5.74) is 3.16. The van der Waals surface area contributed by atoms with Gasteiger partial charge < -0.3 is 24.1 Å². The summed E-state index contributed by atoms with van der Waals surface area (Å²) in [6, 6.07) is 15.0. The van der Waals surface area contributed by atoms with Crippen molar-refractivity contribution >= 4 is 34.4 Å². The second-order valence-corrected chi connectivity index (χ2v) is 7.34. The fourth-order valence-electron chi connectivity index (χ4n) is 3.37. The SMILES string of the molecule is C[C@H](OC(=O)CCc1nc2ccccc2o1)C(=O)Nc1ccc(N2CCOCC2)cc1. The van der Waals surface area contributed by atoms with E-state index in [-0.39, 0.29) is 12.3 Å². The number of aromatic nitrogens is 1. The average Bonchev–Trinajstić information content (AvgIpc) is 3.22. The minimum Gasteiger partial charge on any atom is -0.453 e. The van der Waals surface area contributed by atoms with E-state index < -0.39 is 12.1 Å². The van der Waals surface area contributed by atoms with E-state index >= 15 is 0 Å². The molecule has 1 amide bonds. The molecule has 31 heavy (non-hydrogen) atoms. The predicted molar refractivity (Wildman–Crippen MR) is 116 cm³/mol. The number of carbonyl (C=O) groups is 2. The van der Waals surface area contributed by atoms with Gasteiger partial charge >= 0.3 is 5.97 Å². The summed E-state index contributed by atoms with van der Waals surface area (Å²) in [7, 11) is 0. The summed E-state index contributed by atoms with van der Waals surface area (Å²) in [4.78, 5) is 31.1. The van der Waals surface area contributed by atoms with Gasteiger partial charge in [-0.15, -0.1) is 0 Å².